The Balaban J connectivity index is 1.29. The zero-order valence-corrected chi connectivity index (χ0v) is 19.7. The van der Waals surface area contributed by atoms with E-state index < -0.39 is 15.9 Å². The van der Waals surface area contributed by atoms with Gasteiger partial charge in [0.25, 0.3) is 0 Å². The number of benzene rings is 1. The Kier molecular flexibility index (Phi) is 7.74. The molecule has 1 aromatic heterocycles. The maximum absolute atomic E-state index is 12.7. The number of likely N-dealkylation sites (tertiary alicyclic amines) is 1. The molecule has 1 amide bonds. The molecule has 0 saturated carbocycles. The lowest BCUT2D eigenvalue weighted by atomic mass is 10.0. The highest BCUT2D eigenvalue weighted by Gasteiger charge is 2.26. The van der Waals surface area contributed by atoms with Crippen LogP contribution in [0.5, 0.6) is 0 Å². The van der Waals surface area contributed by atoms with E-state index in [0.29, 0.717) is 38.4 Å². The van der Waals surface area contributed by atoms with Gasteiger partial charge in [-0.15, -0.1) is 10.2 Å². The van der Waals surface area contributed by atoms with Crippen LogP contribution in [-0.2, 0) is 14.8 Å². The number of piperidine rings is 1. The molecule has 10 nitrogen and oxygen atoms in total. The van der Waals surface area contributed by atoms with Crippen molar-refractivity contribution in [2.45, 2.75) is 31.1 Å². The van der Waals surface area contributed by atoms with Crippen molar-refractivity contribution in [3.8, 4) is 11.5 Å². The van der Waals surface area contributed by atoms with Crippen molar-refractivity contribution in [3.63, 3.8) is 0 Å². The van der Waals surface area contributed by atoms with Crippen molar-refractivity contribution >= 4 is 15.9 Å². The molecule has 0 radical (unpaired) electrons. The van der Waals surface area contributed by atoms with Crippen molar-refractivity contribution in [3.05, 3.63) is 30.2 Å². The zero-order chi connectivity index (χ0) is 23.3. The monoisotopic (exact) mass is 477 g/mol. The van der Waals surface area contributed by atoms with E-state index in [1.807, 2.05) is 0 Å². The van der Waals surface area contributed by atoms with Crippen molar-refractivity contribution in [2.75, 3.05) is 52.5 Å². The fraction of sp³-hybridized carbons (Fsp3) is 0.591. The predicted octanol–water partition coefficient (Wildman–Crippen LogP) is 1.61. The molecule has 2 fully saturated rings. The summed E-state index contributed by atoms with van der Waals surface area (Å²) in [5.74, 6) is 0.380. The number of amides is 1. The van der Waals surface area contributed by atoms with E-state index in [-0.39, 0.29) is 16.7 Å². The van der Waals surface area contributed by atoms with E-state index in [0.717, 1.165) is 32.0 Å². The Labute approximate surface area is 194 Å². The van der Waals surface area contributed by atoms with Gasteiger partial charge in [0.1, 0.15) is 0 Å². The van der Waals surface area contributed by atoms with Gasteiger partial charge in [0, 0.05) is 31.7 Å². The third-order valence-corrected chi connectivity index (χ3v) is 7.92. The van der Waals surface area contributed by atoms with Crippen LogP contribution in [0.1, 0.15) is 36.9 Å². The molecule has 2 saturated heterocycles. The van der Waals surface area contributed by atoms with Crippen LogP contribution in [-0.4, -0.2) is 86.2 Å². The van der Waals surface area contributed by atoms with Gasteiger partial charge in [0.05, 0.1) is 18.1 Å². The minimum absolute atomic E-state index is 0.110. The van der Waals surface area contributed by atoms with Gasteiger partial charge in [0.15, 0.2) is 0 Å². The van der Waals surface area contributed by atoms with Crippen molar-refractivity contribution in [2.24, 2.45) is 5.92 Å². The van der Waals surface area contributed by atoms with E-state index >= 15 is 0 Å². The van der Waals surface area contributed by atoms with Crippen LogP contribution < -0.4 is 5.32 Å². The van der Waals surface area contributed by atoms with Gasteiger partial charge in [-0.2, -0.15) is 4.31 Å². The van der Waals surface area contributed by atoms with Gasteiger partial charge in [-0.3, -0.25) is 4.79 Å². The molecule has 2 aliphatic heterocycles. The highest BCUT2D eigenvalue weighted by atomic mass is 32.2. The lowest BCUT2D eigenvalue weighted by Gasteiger charge is -2.30. The molecule has 11 heteroatoms. The summed E-state index contributed by atoms with van der Waals surface area (Å²) >= 11 is 0. The second kappa shape index (κ2) is 10.7. The molecule has 33 heavy (non-hydrogen) atoms. The molecule has 0 aliphatic carbocycles. The van der Waals surface area contributed by atoms with Crippen LogP contribution in [0.15, 0.2) is 33.6 Å². The smallest absolute Gasteiger partial charge is 0.308 e. The molecule has 1 N–H and O–H groups in total. The Hall–Kier alpha value is -2.34. The normalized spacial score (nSPS) is 20.6. The van der Waals surface area contributed by atoms with Crippen LogP contribution in [0.4, 0.5) is 0 Å². The van der Waals surface area contributed by atoms with Gasteiger partial charge in [-0.1, -0.05) is 6.92 Å². The maximum Gasteiger partial charge on any atom is 0.308 e. The summed E-state index contributed by atoms with van der Waals surface area (Å²) in [4.78, 5) is 15.0. The lowest BCUT2D eigenvalue weighted by molar-refractivity contribution is 0.0730. The summed E-state index contributed by atoms with van der Waals surface area (Å²) in [5, 5.41) is 10.6. The zero-order valence-electron chi connectivity index (χ0n) is 18.9. The predicted molar refractivity (Wildman–Crippen MR) is 121 cm³/mol. The first-order valence-corrected chi connectivity index (χ1v) is 12.9. The molecule has 0 spiro atoms. The number of morpholine rings is 1. The average Bonchev–Trinajstić information content (AvgIpc) is 3.33. The van der Waals surface area contributed by atoms with Crippen LogP contribution >= 0.6 is 0 Å². The Morgan fingerprint density at radius 2 is 1.91 bits per heavy atom. The van der Waals surface area contributed by atoms with Crippen LogP contribution in [0.25, 0.3) is 11.5 Å². The molecule has 1 aromatic carbocycles. The summed E-state index contributed by atoms with van der Waals surface area (Å²) in [6.07, 6.45) is 3.39. The third kappa shape index (κ3) is 5.97. The molecule has 0 unspecified atom stereocenters. The number of ether oxygens (including phenoxy) is 1. The molecule has 2 aliphatic rings. The number of carbonyl (C=O) groups excluding carboxylic acids is 1. The standard InChI is InChI=1S/C22H31N5O5S/c1-17-4-2-10-26(16-17)11-3-9-23-20(28)22-25-24-21(32-22)18-5-7-19(8-6-18)33(29,30)27-12-14-31-15-13-27/h5-8,17H,2-4,9-16H2,1H3,(H,23,28)/t17-/m0/s1. The molecular formula is C22H31N5O5S. The third-order valence-electron chi connectivity index (χ3n) is 6.01. The first-order chi connectivity index (χ1) is 15.9. The van der Waals surface area contributed by atoms with Gasteiger partial charge < -0.3 is 19.4 Å². The average molecular weight is 478 g/mol. The van der Waals surface area contributed by atoms with E-state index in [9.17, 15) is 13.2 Å². The fourth-order valence-electron chi connectivity index (χ4n) is 4.21. The summed E-state index contributed by atoms with van der Waals surface area (Å²) < 4.78 is 37.6. The molecule has 3 heterocycles. The molecule has 2 aromatic rings. The summed E-state index contributed by atoms with van der Waals surface area (Å²) in [5.41, 5.74) is 0.543. The number of rotatable bonds is 8. The molecule has 4 rings (SSSR count). The summed E-state index contributed by atoms with van der Waals surface area (Å²) in [6, 6.07) is 6.21. The Bertz CT molecular complexity index is 1030. The number of hydrogen-bond acceptors (Lipinski definition) is 8. The van der Waals surface area contributed by atoms with E-state index in [4.69, 9.17) is 9.15 Å². The summed E-state index contributed by atoms with van der Waals surface area (Å²) in [6.45, 7) is 7.47. The minimum Gasteiger partial charge on any atom is -0.412 e. The van der Waals surface area contributed by atoms with Crippen LogP contribution in [0.2, 0.25) is 0 Å². The Morgan fingerprint density at radius 3 is 2.64 bits per heavy atom. The highest BCUT2D eigenvalue weighted by Crippen LogP contribution is 2.23. The lowest BCUT2D eigenvalue weighted by Crippen LogP contribution is -2.40. The van der Waals surface area contributed by atoms with Gasteiger partial charge >= 0.3 is 11.8 Å². The number of nitrogens with one attached hydrogen (secondary N) is 1. The first-order valence-electron chi connectivity index (χ1n) is 11.5. The number of sulfonamides is 1. The second-order valence-corrected chi connectivity index (χ2v) is 10.5. The largest absolute Gasteiger partial charge is 0.412 e. The Morgan fingerprint density at radius 1 is 1.15 bits per heavy atom. The number of aromatic nitrogens is 2. The topological polar surface area (TPSA) is 118 Å². The van der Waals surface area contributed by atoms with E-state index in [1.165, 1.54) is 29.3 Å². The van der Waals surface area contributed by atoms with E-state index in [2.05, 4.69) is 27.3 Å². The van der Waals surface area contributed by atoms with Gasteiger partial charge in [-0.25, -0.2) is 8.42 Å². The molecule has 180 valence electrons. The fourth-order valence-corrected chi connectivity index (χ4v) is 5.62. The highest BCUT2D eigenvalue weighted by molar-refractivity contribution is 7.89. The van der Waals surface area contributed by atoms with Crippen molar-refractivity contribution in [1.29, 1.82) is 0 Å². The quantitative estimate of drug-likeness (QED) is 0.570. The van der Waals surface area contributed by atoms with Crippen LogP contribution in [0.3, 0.4) is 0 Å². The first kappa shape index (κ1) is 23.8. The van der Waals surface area contributed by atoms with Gasteiger partial charge in [-0.05, 0) is 62.5 Å². The molecule has 0 bridgehead atoms. The second-order valence-electron chi connectivity index (χ2n) is 8.61. The molecule has 1 atom stereocenters. The number of carbonyl (C=O) groups is 1. The maximum atomic E-state index is 12.7. The van der Waals surface area contributed by atoms with E-state index in [1.54, 1.807) is 12.1 Å². The van der Waals surface area contributed by atoms with Gasteiger partial charge in [0.2, 0.25) is 15.9 Å². The van der Waals surface area contributed by atoms with Crippen LogP contribution in [0, 0.1) is 5.92 Å². The minimum atomic E-state index is -3.57. The van der Waals surface area contributed by atoms with Crippen molar-refractivity contribution < 1.29 is 22.4 Å². The van der Waals surface area contributed by atoms with Crippen molar-refractivity contribution in [1.82, 2.24) is 24.7 Å². The summed E-state index contributed by atoms with van der Waals surface area (Å²) in [7, 11) is -3.57. The number of nitrogens with zero attached hydrogens (tertiary/aromatic N) is 4. The number of hydrogen-bond donors (Lipinski definition) is 1. The SMILES string of the molecule is C[C@H]1CCCN(CCCNC(=O)c2nnc(-c3ccc(S(=O)(=O)N4CCOCC4)cc3)o2)C1. The molecular weight excluding hydrogens is 446 g/mol.